The first-order valence-corrected chi connectivity index (χ1v) is 16.8. The first kappa shape index (κ1) is 42.4. The van der Waals surface area contributed by atoms with Gasteiger partial charge in [-0.2, -0.15) is 4.99 Å². The van der Waals surface area contributed by atoms with Gasteiger partial charge >= 0.3 is 0 Å². The van der Waals surface area contributed by atoms with Crippen LogP contribution in [0.5, 0.6) is 0 Å². The minimum Gasteiger partial charge on any atom is -0.481 e. The van der Waals surface area contributed by atoms with E-state index in [4.69, 9.17) is 19.4 Å². The van der Waals surface area contributed by atoms with E-state index in [-0.39, 0.29) is 25.1 Å². The maximum atomic E-state index is 13.9. The molecule has 1 heterocycles. The molecule has 1 aliphatic heterocycles. The number of oxime groups is 1. The largest absolute Gasteiger partial charge is 0.481 e. The van der Waals surface area contributed by atoms with Crippen molar-refractivity contribution in [1.29, 1.82) is 0 Å². The van der Waals surface area contributed by atoms with Crippen LogP contribution in [-0.4, -0.2) is 55.4 Å². The first-order valence-electron chi connectivity index (χ1n) is 16.8. The van der Waals surface area contributed by atoms with Crippen molar-refractivity contribution in [2.45, 2.75) is 80.6 Å². The lowest BCUT2D eigenvalue weighted by Gasteiger charge is -2.14. The number of allylic oxidation sites excluding steroid dienone is 2. The number of aldehydes is 1. The molecule has 0 saturated carbocycles. The fourth-order valence-electron chi connectivity index (χ4n) is 4.08. The molecule has 1 unspecified atom stereocenters. The van der Waals surface area contributed by atoms with Gasteiger partial charge in [0.15, 0.2) is 12.9 Å². The second-order valence-electron chi connectivity index (χ2n) is 10.2. The number of ether oxygens (including phenoxy) is 2. The topological polar surface area (TPSA) is 114 Å². The van der Waals surface area contributed by atoms with Gasteiger partial charge in [-0.1, -0.05) is 113 Å². The number of carbonyl (C=O) groups is 1. The van der Waals surface area contributed by atoms with Crippen LogP contribution >= 0.6 is 0 Å². The molecular weight excluding hydrogens is 623 g/mol. The molecule has 4 rings (SSSR count). The number of benzene rings is 3. The molecule has 10 heteroatoms. The van der Waals surface area contributed by atoms with Crippen LogP contribution in [0.1, 0.15) is 83.6 Å². The number of aliphatic hydroxyl groups excluding tert-OH is 1. The molecule has 2 N–H and O–H groups in total. The third-order valence-corrected chi connectivity index (χ3v) is 6.63. The van der Waals surface area contributed by atoms with E-state index in [1.54, 1.807) is 32.2 Å². The van der Waals surface area contributed by atoms with Crippen molar-refractivity contribution in [3.63, 3.8) is 0 Å². The van der Waals surface area contributed by atoms with Gasteiger partial charge in [-0.15, -0.1) is 0 Å². The number of methoxy groups -OCH3 is 1. The number of amidine groups is 2. The highest BCUT2D eigenvalue weighted by Crippen LogP contribution is 2.18. The van der Waals surface area contributed by atoms with E-state index in [1.165, 1.54) is 6.07 Å². The molecule has 1 atom stereocenters. The zero-order valence-corrected chi connectivity index (χ0v) is 30.2. The Morgan fingerprint density at radius 1 is 1.04 bits per heavy atom. The first-order chi connectivity index (χ1) is 23.9. The number of aliphatic hydroxyl groups is 1. The quantitative estimate of drug-likeness (QED) is 0.0867. The summed E-state index contributed by atoms with van der Waals surface area (Å²) in [5.74, 6) is 1.53. The van der Waals surface area contributed by atoms with Gasteiger partial charge < -0.3 is 24.7 Å². The molecule has 3 aromatic rings. The van der Waals surface area contributed by atoms with Crippen LogP contribution in [0.4, 0.5) is 4.39 Å². The fraction of sp³-hybridized carbons (Fsp3) is 0.385. The Labute approximate surface area is 291 Å². The average Bonchev–Trinajstić information content (AvgIpc) is 3.16. The number of halogens is 1. The summed E-state index contributed by atoms with van der Waals surface area (Å²) in [7, 11) is 1.57. The Morgan fingerprint density at radius 3 is 2.29 bits per heavy atom. The molecule has 49 heavy (non-hydrogen) atoms. The third-order valence-electron chi connectivity index (χ3n) is 6.63. The van der Waals surface area contributed by atoms with Crippen molar-refractivity contribution in [3.05, 3.63) is 113 Å². The highest BCUT2D eigenvalue weighted by molar-refractivity contribution is 6.09. The minimum atomic E-state index is -0.277. The van der Waals surface area contributed by atoms with E-state index in [2.05, 4.69) is 20.5 Å². The van der Waals surface area contributed by atoms with Crippen LogP contribution in [0.15, 0.2) is 99.7 Å². The molecule has 1 aliphatic rings. The van der Waals surface area contributed by atoms with Gasteiger partial charge in [0.2, 0.25) is 11.7 Å². The van der Waals surface area contributed by atoms with E-state index in [1.807, 2.05) is 96.1 Å². The molecular formula is C39H53FN4O5. The molecule has 266 valence electrons. The normalized spacial score (nSPS) is 13.1. The Hall–Kier alpha value is -4.67. The molecule has 0 spiro atoms. The highest BCUT2D eigenvalue weighted by atomic mass is 19.1. The van der Waals surface area contributed by atoms with Crippen LogP contribution < -0.4 is 5.32 Å². The molecule has 0 aliphatic carbocycles. The summed E-state index contributed by atoms with van der Waals surface area (Å²) in [6.07, 6.45) is 2.16. The van der Waals surface area contributed by atoms with Crippen molar-refractivity contribution >= 4 is 29.4 Å². The summed E-state index contributed by atoms with van der Waals surface area (Å²) < 4.78 is 24.4. The zero-order valence-electron chi connectivity index (χ0n) is 30.2. The van der Waals surface area contributed by atoms with E-state index in [0.29, 0.717) is 54.0 Å². The average molecular weight is 677 g/mol. The predicted octanol–water partition coefficient (Wildman–Crippen LogP) is 8.12. The van der Waals surface area contributed by atoms with Gasteiger partial charge in [0, 0.05) is 28.8 Å². The molecule has 9 nitrogen and oxygen atoms in total. The number of aliphatic imine (C=N–C) groups is 2. The van der Waals surface area contributed by atoms with Gasteiger partial charge in [-0.25, -0.2) is 4.39 Å². The lowest BCUT2D eigenvalue weighted by molar-refractivity contribution is -0.103. The Balaban J connectivity index is 0.000000551. The SMILES string of the molecule is CC.CC.CCCC(=NCc1ccccc1F)N/C(C)=C(\C=O)c1ccc(COC(C)CO)cc1.COC1=NC(c2ccccc2)=NOC1. The standard InChI is InChI=1S/C25H31FN2O3.C10H10N2O2.2C2H6/c1-4-7-25(27-14-22-8-5-6-9-24(22)26)28-19(3)23(16-30)21-12-10-20(11-13-21)17-31-18(2)15-29;1-13-9-7-14-12-10(11-9)8-5-3-2-4-6-8;2*1-2/h5-6,8-13,16,18,29H,4,7,14-15,17H2,1-3H3,(H,27,28);2-6H,7H2,1H3;2*1-2H3/b23-19+;;;. The van der Waals surface area contributed by atoms with Gasteiger partial charge in [-0.3, -0.25) is 9.79 Å². The van der Waals surface area contributed by atoms with Crippen molar-refractivity contribution in [1.82, 2.24) is 5.32 Å². The molecule has 0 saturated heterocycles. The Kier molecular flexibility index (Phi) is 21.9. The monoisotopic (exact) mass is 676 g/mol. The van der Waals surface area contributed by atoms with E-state index in [0.717, 1.165) is 29.4 Å². The van der Waals surface area contributed by atoms with Crippen LogP contribution in [-0.2, 0) is 32.3 Å². The van der Waals surface area contributed by atoms with Gasteiger partial charge in [-0.05, 0) is 37.5 Å². The summed E-state index contributed by atoms with van der Waals surface area (Å²) in [5, 5.41) is 16.1. The fourth-order valence-corrected chi connectivity index (χ4v) is 4.08. The number of carbonyl (C=O) groups excluding carboxylic acids is 1. The highest BCUT2D eigenvalue weighted by Gasteiger charge is 2.12. The molecule has 0 radical (unpaired) electrons. The van der Waals surface area contributed by atoms with E-state index >= 15 is 0 Å². The van der Waals surface area contributed by atoms with Crippen LogP contribution in [0.2, 0.25) is 0 Å². The third kappa shape index (κ3) is 15.4. The summed E-state index contributed by atoms with van der Waals surface area (Å²) in [6, 6.07) is 23.7. The number of rotatable bonds is 12. The molecule has 3 aromatic carbocycles. The van der Waals surface area contributed by atoms with Crippen molar-refractivity contribution in [2.24, 2.45) is 15.1 Å². The molecule has 0 amide bonds. The number of nitrogens with zero attached hydrogens (tertiary/aromatic N) is 3. The van der Waals surface area contributed by atoms with E-state index < -0.39 is 0 Å². The predicted molar refractivity (Wildman–Crippen MR) is 198 cm³/mol. The second-order valence-corrected chi connectivity index (χ2v) is 10.2. The van der Waals surface area contributed by atoms with Crippen molar-refractivity contribution < 1.29 is 28.6 Å². The lowest BCUT2D eigenvalue weighted by Crippen LogP contribution is -2.23. The minimum absolute atomic E-state index is 0.0282. The number of hydrogen-bond acceptors (Lipinski definition) is 8. The number of nitrogens with one attached hydrogen (secondary N) is 1. The molecule has 0 aromatic heterocycles. The van der Waals surface area contributed by atoms with Crippen molar-refractivity contribution in [2.75, 3.05) is 20.3 Å². The van der Waals surface area contributed by atoms with Crippen LogP contribution in [0.3, 0.4) is 0 Å². The van der Waals surface area contributed by atoms with Crippen LogP contribution in [0.25, 0.3) is 5.57 Å². The van der Waals surface area contributed by atoms with Crippen LogP contribution in [0, 0.1) is 5.82 Å². The second kappa shape index (κ2) is 25.4. The summed E-state index contributed by atoms with van der Waals surface area (Å²) in [4.78, 5) is 25.5. The summed E-state index contributed by atoms with van der Waals surface area (Å²) >= 11 is 0. The smallest absolute Gasteiger partial charge is 0.231 e. The van der Waals surface area contributed by atoms with Crippen molar-refractivity contribution in [3.8, 4) is 0 Å². The Bertz CT molecular complexity index is 1490. The Morgan fingerprint density at radius 2 is 1.69 bits per heavy atom. The zero-order chi connectivity index (χ0) is 36.4. The van der Waals surface area contributed by atoms with Gasteiger partial charge in [0.05, 0.1) is 33.0 Å². The van der Waals surface area contributed by atoms with E-state index in [9.17, 15) is 9.18 Å². The maximum Gasteiger partial charge on any atom is 0.231 e. The summed E-state index contributed by atoms with van der Waals surface area (Å²) in [5.41, 5.74) is 4.41. The maximum absolute atomic E-state index is 13.9. The lowest BCUT2D eigenvalue weighted by atomic mass is 10.0. The summed E-state index contributed by atoms with van der Waals surface area (Å²) in [6.45, 7) is 14.6. The molecule has 0 bridgehead atoms. The number of hydrogen-bond donors (Lipinski definition) is 2. The van der Waals surface area contributed by atoms with Gasteiger partial charge in [0.1, 0.15) is 11.7 Å². The molecule has 0 fully saturated rings. The van der Waals surface area contributed by atoms with Gasteiger partial charge in [0.25, 0.3) is 0 Å².